The van der Waals surface area contributed by atoms with Gasteiger partial charge in [-0.15, -0.1) is 0 Å². The second-order valence-electron chi connectivity index (χ2n) is 5.23. The third-order valence-corrected chi connectivity index (χ3v) is 2.65. The number of amides is 1. The predicted octanol–water partition coefficient (Wildman–Crippen LogP) is 2.72. The van der Waals surface area contributed by atoms with E-state index in [2.05, 4.69) is 25.2 Å². The first-order chi connectivity index (χ1) is 7.38. The molecule has 0 rings (SSSR count). The molecule has 0 aromatic heterocycles. The summed E-state index contributed by atoms with van der Waals surface area (Å²) in [5.41, 5.74) is 0. The second-order valence-corrected chi connectivity index (χ2v) is 5.23. The highest BCUT2D eigenvalue weighted by molar-refractivity contribution is 5.81. The molecule has 3 nitrogen and oxygen atoms in total. The van der Waals surface area contributed by atoms with Crippen LogP contribution in [0.1, 0.15) is 47.5 Å². The van der Waals surface area contributed by atoms with Crippen molar-refractivity contribution in [3.63, 3.8) is 0 Å². The SMILES string of the molecule is CC(C)CCC(C)NC(=O)C(C#N)C(C)C. The Morgan fingerprint density at radius 3 is 2.12 bits per heavy atom. The molecule has 2 unspecified atom stereocenters. The molecule has 0 aliphatic carbocycles. The molecule has 3 heteroatoms. The summed E-state index contributed by atoms with van der Waals surface area (Å²) in [7, 11) is 0. The maximum absolute atomic E-state index is 11.7. The van der Waals surface area contributed by atoms with Crippen molar-refractivity contribution in [1.29, 1.82) is 5.26 Å². The summed E-state index contributed by atoms with van der Waals surface area (Å²) in [6.45, 7) is 10.1. The Balaban J connectivity index is 4.08. The van der Waals surface area contributed by atoms with E-state index in [1.165, 1.54) is 0 Å². The van der Waals surface area contributed by atoms with Crippen LogP contribution in [0.3, 0.4) is 0 Å². The van der Waals surface area contributed by atoms with Gasteiger partial charge in [-0.3, -0.25) is 4.79 Å². The van der Waals surface area contributed by atoms with E-state index in [1.54, 1.807) is 0 Å². The van der Waals surface area contributed by atoms with E-state index < -0.39 is 5.92 Å². The molecule has 1 amide bonds. The fourth-order valence-electron chi connectivity index (χ4n) is 1.50. The number of carbonyl (C=O) groups excluding carboxylic acids is 1. The number of hydrogen-bond donors (Lipinski definition) is 1. The Bertz CT molecular complexity index is 253. The lowest BCUT2D eigenvalue weighted by atomic mass is 9.96. The maximum atomic E-state index is 11.7. The van der Waals surface area contributed by atoms with Crippen LogP contribution in [-0.4, -0.2) is 11.9 Å². The van der Waals surface area contributed by atoms with Crippen molar-refractivity contribution in [2.24, 2.45) is 17.8 Å². The lowest BCUT2D eigenvalue weighted by Gasteiger charge is -2.18. The number of nitrogens with zero attached hydrogens (tertiary/aromatic N) is 1. The summed E-state index contributed by atoms with van der Waals surface area (Å²) in [5.74, 6) is 0.0637. The first kappa shape index (κ1) is 15.0. The van der Waals surface area contributed by atoms with Gasteiger partial charge in [0.25, 0.3) is 0 Å². The van der Waals surface area contributed by atoms with Gasteiger partial charge in [0.2, 0.25) is 5.91 Å². The lowest BCUT2D eigenvalue weighted by Crippen LogP contribution is -2.38. The molecule has 1 N–H and O–H groups in total. The molecule has 0 saturated heterocycles. The standard InChI is InChI=1S/C13H24N2O/c1-9(2)6-7-11(5)15-13(16)12(8-14)10(3)4/h9-12H,6-7H2,1-5H3,(H,15,16). The molecule has 0 radical (unpaired) electrons. The third-order valence-electron chi connectivity index (χ3n) is 2.65. The largest absolute Gasteiger partial charge is 0.353 e. The van der Waals surface area contributed by atoms with Crippen molar-refractivity contribution in [1.82, 2.24) is 5.32 Å². The summed E-state index contributed by atoms with van der Waals surface area (Å²) in [4.78, 5) is 11.7. The average Bonchev–Trinajstić information content (AvgIpc) is 2.15. The number of carbonyl (C=O) groups is 1. The molecule has 0 bridgehead atoms. The van der Waals surface area contributed by atoms with Gasteiger partial charge in [0.1, 0.15) is 5.92 Å². The first-order valence-corrected chi connectivity index (χ1v) is 6.08. The van der Waals surface area contributed by atoms with Gasteiger partial charge in [-0.25, -0.2) is 0 Å². The topological polar surface area (TPSA) is 52.9 Å². The maximum Gasteiger partial charge on any atom is 0.237 e. The van der Waals surface area contributed by atoms with Crippen molar-refractivity contribution >= 4 is 5.91 Å². The van der Waals surface area contributed by atoms with Crippen LogP contribution < -0.4 is 5.32 Å². The van der Waals surface area contributed by atoms with Crippen LogP contribution in [0.5, 0.6) is 0 Å². The smallest absolute Gasteiger partial charge is 0.237 e. The molecular formula is C13H24N2O. The first-order valence-electron chi connectivity index (χ1n) is 6.08. The van der Waals surface area contributed by atoms with Gasteiger partial charge in [0.05, 0.1) is 6.07 Å². The second kappa shape index (κ2) is 7.27. The zero-order chi connectivity index (χ0) is 12.7. The van der Waals surface area contributed by atoms with Crippen LogP contribution >= 0.6 is 0 Å². The van der Waals surface area contributed by atoms with Crippen molar-refractivity contribution in [3.05, 3.63) is 0 Å². The Morgan fingerprint density at radius 1 is 1.19 bits per heavy atom. The number of hydrogen-bond acceptors (Lipinski definition) is 2. The minimum Gasteiger partial charge on any atom is -0.353 e. The molecule has 92 valence electrons. The van der Waals surface area contributed by atoms with E-state index in [0.29, 0.717) is 5.92 Å². The average molecular weight is 224 g/mol. The van der Waals surface area contributed by atoms with Gasteiger partial charge >= 0.3 is 0 Å². The summed E-state index contributed by atoms with van der Waals surface area (Å²) < 4.78 is 0. The highest BCUT2D eigenvalue weighted by atomic mass is 16.1. The van der Waals surface area contributed by atoms with Gasteiger partial charge in [-0.05, 0) is 31.6 Å². The molecule has 2 atom stereocenters. The van der Waals surface area contributed by atoms with E-state index in [0.717, 1.165) is 12.8 Å². The van der Waals surface area contributed by atoms with Gasteiger partial charge in [0, 0.05) is 6.04 Å². The Hall–Kier alpha value is -1.04. The Kier molecular flexibility index (Phi) is 6.80. The molecule has 0 aliphatic heterocycles. The van der Waals surface area contributed by atoms with Crippen molar-refractivity contribution in [2.45, 2.75) is 53.5 Å². The molecule has 0 spiro atoms. The highest BCUT2D eigenvalue weighted by Crippen LogP contribution is 2.11. The Morgan fingerprint density at radius 2 is 1.75 bits per heavy atom. The number of nitrogens with one attached hydrogen (secondary N) is 1. The summed E-state index contributed by atoms with van der Waals surface area (Å²) in [6, 6.07) is 2.22. The summed E-state index contributed by atoms with van der Waals surface area (Å²) >= 11 is 0. The van der Waals surface area contributed by atoms with Crippen molar-refractivity contribution in [3.8, 4) is 6.07 Å². The van der Waals surface area contributed by atoms with E-state index in [4.69, 9.17) is 5.26 Å². The fraction of sp³-hybridized carbons (Fsp3) is 0.846. The zero-order valence-electron chi connectivity index (χ0n) is 11.1. The van der Waals surface area contributed by atoms with E-state index in [9.17, 15) is 4.79 Å². The lowest BCUT2D eigenvalue weighted by molar-refractivity contribution is -0.125. The van der Waals surface area contributed by atoms with Gasteiger partial charge in [-0.2, -0.15) is 5.26 Å². The quantitative estimate of drug-likeness (QED) is 0.754. The van der Waals surface area contributed by atoms with Gasteiger partial charge < -0.3 is 5.32 Å². The van der Waals surface area contributed by atoms with Crippen LogP contribution in [-0.2, 0) is 4.79 Å². The van der Waals surface area contributed by atoms with Crippen LogP contribution in [0.15, 0.2) is 0 Å². The molecule has 16 heavy (non-hydrogen) atoms. The fourth-order valence-corrected chi connectivity index (χ4v) is 1.50. The van der Waals surface area contributed by atoms with Crippen molar-refractivity contribution in [2.75, 3.05) is 0 Å². The third kappa shape index (κ3) is 5.75. The van der Waals surface area contributed by atoms with Gasteiger partial charge in [0.15, 0.2) is 0 Å². The van der Waals surface area contributed by atoms with Crippen molar-refractivity contribution < 1.29 is 4.79 Å². The minimum absolute atomic E-state index is 0.0716. The molecule has 0 fully saturated rings. The van der Waals surface area contributed by atoms with E-state index >= 15 is 0 Å². The molecule has 0 aromatic rings. The molecule has 0 saturated carbocycles. The van der Waals surface area contributed by atoms with Crippen LogP contribution in [0.25, 0.3) is 0 Å². The summed E-state index contributed by atoms with van der Waals surface area (Å²) in [6.07, 6.45) is 2.07. The van der Waals surface area contributed by atoms with E-state index in [1.807, 2.05) is 20.8 Å². The van der Waals surface area contributed by atoms with Crippen LogP contribution in [0.2, 0.25) is 0 Å². The predicted molar refractivity (Wildman–Crippen MR) is 65.6 cm³/mol. The van der Waals surface area contributed by atoms with Crippen LogP contribution in [0, 0.1) is 29.1 Å². The number of nitriles is 1. The van der Waals surface area contributed by atoms with E-state index in [-0.39, 0.29) is 17.9 Å². The molecular weight excluding hydrogens is 200 g/mol. The summed E-state index contributed by atoms with van der Waals surface area (Å²) in [5, 5.41) is 11.8. The highest BCUT2D eigenvalue weighted by Gasteiger charge is 2.22. The number of rotatable bonds is 6. The molecule has 0 aromatic carbocycles. The van der Waals surface area contributed by atoms with Gasteiger partial charge in [-0.1, -0.05) is 27.7 Å². The Labute approximate surface area is 99.2 Å². The normalized spacial score (nSPS) is 14.6. The molecule has 0 aliphatic rings. The zero-order valence-corrected chi connectivity index (χ0v) is 11.1. The van der Waals surface area contributed by atoms with Crippen LogP contribution in [0.4, 0.5) is 0 Å². The molecule has 0 heterocycles. The minimum atomic E-state index is -0.526. The monoisotopic (exact) mass is 224 g/mol.